The fraction of sp³-hybridized carbons (Fsp3) is 0.143. The third-order valence-electron chi connectivity index (χ3n) is 1.84. The number of nitrogens with one attached hydrogen (secondary N) is 1. The molecule has 0 spiro atoms. The van der Waals surface area contributed by atoms with Gasteiger partial charge in [0.1, 0.15) is 0 Å². The summed E-state index contributed by atoms with van der Waals surface area (Å²) in [4.78, 5) is 0. The van der Waals surface area contributed by atoms with Gasteiger partial charge in [-0.25, -0.2) is 0 Å². The van der Waals surface area contributed by atoms with Crippen molar-refractivity contribution in [1.82, 2.24) is 0 Å². The molecule has 1 N–H and O–H groups in total. The standard InChI is InChI=1S/C12H11N.C2H6.H2/c1-3-7-11(8-4-1)13-12-9-5-2-6-10-12;1-2;/h1-10,13H;1-2H3;1H. The Bertz CT molecular complexity index is 322. The Morgan fingerprint density at radius 3 is 1.33 bits per heavy atom. The summed E-state index contributed by atoms with van der Waals surface area (Å²) in [6, 6.07) is 20.3. The molecule has 2 rings (SSSR count). The van der Waals surface area contributed by atoms with Gasteiger partial charge in [0.25, 0.3) is 0 Å². The molecule has 0 heterocycles. The molecule has 0 unspecified atom stereocenters. The van der Waals surface area contributed by atoms with Crippen LogP contribution in [-0.2, 0) is 0 Å². The highest BCUT2D eigenvalue weighted by atomic mass is 14.9. The van der Waals surface area contributed by atoms with Crippen molar-refractivity contribution in [3.63, 3.8) is 0 Å². The van der Waals surface area contributed by atoms with Gasteiger partial charge in [0.05, 0.1) is 0 Å². The predicted octanol–water partition coefficient (Wildman–Crippen LogP) is 4.70. The minimum absolute atomic E-state index is 0. The third kappa shape index (κ3) is 3.86. The van der Waals surface area contributed by atoms with Gasteiger partial charge in [-0.2, -0.15) is 0 Å². The van der Waals surface area contributed by atoms with Crippen molar-refractivity contribution >= 4 is 11.4 Å². The van der Waals surface area contributed by atoms with Crippen LogP contribution < -0.4 is 5.32 Å². The Balaban J connectivity index is 0.000000711. The molecular formula is C14H19N. The molecule has 0 amide bonds. The second-order valence-corrected chi connectivity index (χ2v) is 2.86. The number of hydrogen-bond donors (Lipinski definition) is 1. The highest BCUT2D eigenvalue weighted by Gasteiger charge is 1.89. The molecule has 0 atom stereocenters. The normalized spacial score (nSPS) is 8.67. The van der Waals surface area contributed by atoms with E-state index in [1.807, 2.05) is 74.5 Å². The molecule has 0 aliphatic carbocycles. The molecular weight excluding hydrogens is 182 g/mol. The van der Waals surface area contributed by atoms with E-state index in [0.29, 0.717) is 0 Å². The molecule has 15 heavy (non-hydrogen) atoms. The number of benzene rings is 2. The van der Waals surface area contributed by atoms with Crippen molar-refractivity contribution in [3.8, 4) is 0 Å². The van der Waals surface area contributed by atoms with Crippen LogP contribution in [0.15, 0.2) is 60.7 Å². The summed E-state index contributed by atoms with van der Waals surface area (Å²) in [5, 5.41) is 3.30. The molecule has 0 saturated carbocycles. The molecule has 80 valence electrons. The largest absolute Gasteiger partial charge is 0.356 e. The van der Waals surface area contributed by atoms with E-state index in [2.05, 4.69) is 5.32 Å². The van der Waals surface area contributed by atoms with Gasteiger partial charge in [0.15, 0.2) is 0 Å². The van der Waals surface area contributed by atoms with Gasteiger partial charge >= 0.3 is 0 Å². The topological polar surface area (TPSA) is 12.0 Å². The van der Waals surface area contributed by atoms with Gasteiger partial charge in [-0.1, -0.05) is 50.2 Å². The molecule has 0 aliphatic heterocycles. The van der Waals surface area contributed by atoms with Gasteiger partial charge in [-0.05, 0) is 24.3 Å². The second kappa shape index (κ2) is 6.66. The van der Waals surface area contributed by atoms with Crippen LogP contribution in [0.25, 0.3) is 0 Å². The Labute approximate surface area is 93.3 Å². The molecule has 2 aromatic carbocycles. The first-order valence-electron chi connectivity index (χ1n) is 5.32. The zero-order valence-corrected chi connectivity index (χ0v) is 9.27. The van der Waals surface area contributed by atoms with Crippen molar-refractivity contribution in [2.45, 2.75) is 13.8 Å². The Hall–Kier alpha value is -1.76. The van der Waals surface area contributed by atoms with Crippen LogP contribution in [0.4, 0.5) is 11.4 Å². The lowest BCUT2D eigenvalue weighted by atomic mass is 10.3. The third-order valence-corrected chi connectivity index (χ3v) is 1.84. The summed E-state index contributed by atoms with van der Waals surface area (Å²) in [6.45, 7) is 4.00. The Morgan fingerprint density at radius 2 is 1.00 bits per heavy atom. The van der Waals surface area contributed by atoms with Crippen LogP contribution in [0.2, 0.25) is 0 Å². The lowest BCUT2D eigenvalue weighted by Crippen LogP contribution is -1.87. The average molecular weight is 201 g/mol. The smallest absolute Gasteiger partial charge is 0.0384 e. The first kappa shape index (κ1) is 11.3. The monoisotopic (exact) mass is 201 g/mol. The van der Waals surface area contributed by atoms with E-state index in [1.54, 1.807) is 0 Å². The highest BCUT2D eigenvalue weighted by Crippen LogP contribution is 2.14. The zero-order chi connectivity index (χ0) is 10.9. The van der Waals surface area contributed by atoms with Gasteiger partial charge in [0.2, 0.25) is 0 Å². The summed E-state index contributed by atoms with van der Waals surface area (Å²) in [5.41, 5.74) is 2.24. The van der Waals surface area contributed by atoms with Gasteiger partial charge in [-0.15, -0.1) is 0 Å². The zero-order valence-electron chi connectivity index (χ0n) is 9.27. The first-order chi connectivity index (χ1) is 7.45. The lowest BCUT2D eigenvalue weighted by Gasteiger charge is -2.04. The van der Waals surface area contributed by atoms with Crippen molar-refractivity contribution in [1.29, 1.82) is 0 Å². The summed E-state index contributed by atoms with van der Waals surface area (Å²) >= 11 is 0. The van der Waals surface area contributed by atoms with Crippen LogP contribution in [0.1, 0.15) is 15.3 Å². The maximum Gasteiger partial charge on any atom is 0.0384 e. The molecule has 0 aromatic heterocycles. The Kier molecular flexibility index (Phi) is 5.02. The van der Waals surface area contributed by atoms with Gasteiger partial charge in [0, 0.05) is 12.8 Å². The highest BCUT2D eigenvalue weighted by molar-refractivity contribution is 5.58. The second-order valence-electron chi connectivity index (χ2n) is 2.86. The summed E-state index contributed by atoms with van der Waals surface area (Å²) in [7, 11) is 0. The maximum atomic E-state index is 3.30. The van der Waals surface area contributed by atoms with Crippen LogP contribution >= 0.6 is 0 Å². The van der Waals surface area contributed by atoms with E-state index in [0.717, 1.165) is 11.4 Å². The molecule has 0 aliphatic rings. The molecule has 0 radical (unpaired) electrons. The number of anilines is 2. The minimum atomic E-state index is 0. The van der Waals surface area contributed by atoms with Crippen molar-refractivity contribution in [3.05, 3.63) is 60.7 Å². The summed E-state index contributed by atoms with van der Waals surface area (Å²) in [5.74, 6) is 0. The van der Waals surface area contributed by atoms with Crippen LogP contribution in [0, 0.1) is 0 Å². The van der Waals surface area contributed by atoms with E-state index < -0.39 is 0 Å². The lowest BCUT2D eigenvalue weighted by molar-refractivity contribution is 1.50. The van der Waals surface area contributed by atoms with Crippen molar-refractivity contribution in [2.24, 2.45) is 0 Å². The van der Waals surface area contributed by atoms with E-state index in [-0.39, 0.29) is 1.43 Å². The van der Waals surface area contributed by atoms with E-state index in [9.17, 15) is 0 Å². The minimum Gasteiger partial charge on any atom is -0.356 e. The van der Waals surface area contributed by atoms with Crippen molar-refractivity contribution in [2.75, 3.05) is 5.32 Å². The van der Waals surface area contributed by atoms with Crippen molar-refractivity contribution < 1.29 is 1.43 Å². The van der Waals surface area contributed by atoms with E-state index in [1.165, 1.54) is 0 Å². The molecule has 0 saturated heterocycles. The fourth-order valence-corrected chi connectivity index (χ4v) is 1.21. The molecule has 1 nitrogen and oxygen atoms in total. The molecule has 1 heteroatoms. The number of hydrogen-bond acceptors (Lipinski definition) is 1. The summed E-state index contributed by atoms with van der Waals surface area (Å²) < 4.78 is 0. The Morgan fingerprint density at radius 1 is 0.667 bits per heavy atom. The van der Waals surface area contributed by atoms with Crippen LogP contribution in [0.3, 0.4) is 0 Å². The molecule has 0 bridgehead atoms. The molecule has 0 fully saturated rings. The van der Waals surface area contributed by atoms with E-state index >= 15 is 0 Å². The van der Waals surface area contributed by atoms with E-state index in [4.69, 9.17) is 0 Å². The maximum absolute atomic E-state index is 3.30. The SMILES string of the molecule is CC.[HH].c1ccc(Nc2ccccc2)cc1. The number of para-hydroxylation sites is 2. The average Bonchev–Trinajstić information content (AvgIpc) is 2.34. The fourth-order valence-electron chi connectivity index (χ4n) is 1.21. The van der Waals surface area contributed by atoms with Gasteiger partial charge < -0.3 is 5.32 Å². The predicted molar refractivity (Wildman–Crippen MR) is 69.6 cm³/mol. The van der Waals surface area contributed by atoms with Crippen LogP contribution in [0.5, 0.6) is 0 Å². The quantitative estimate of drug-likeness (QED) is 0.742. The summed E-state index contributed by atoms with van der Waals surface area (Å²) in [6.07, 6.45) is 0. The number of rotatable bonds is 2. The first-order valence-corrected chi connectivity index (χ1v) is 5.32. The van der Waals surface area contributed by atoms with Gasteiger partial charge in [-0.3, -0.25) is 0 Å². The molecule has 2 aromatic rings. The van der Waals surface area contributed by atoms with Crippen LogP contribution in [-0.4, -0.2) is 0 Å².